The Morgan fingerprint density at radius 2 is 0.750 bits per heavy atom. The van der Waals surface area contributed by atoms with Gasteiger partial charge in [0.1, 0.15) is 0 Å². The maximum absolute atomic E-state index is 2.27. The van der Waals surface area contributed by atoms with E-state index in [4.69, 9.17) is 0 Å². The standard InChI is InChI=1S/C11H24.Zn/c1-3-5-7-9-11-10-8-6-4-2;/h3-11H2,1-2H3;. The third-order valence-electron chi connectivity index (χ3n) is 2.21. The van der Waals surface area contributed by atoms with Gasteiger partial charge in [-0.3, -0.25) is 0 Å². The zero-order chi connectivity index (χ0) is 8.36. The summed E-state index contributed by atoms with van der Waals surface area (Å²) in [5.41, 5.74) is 0. The molecule has 0 nitrogen and oxygen atoms in total. The van der Waals surface area contributed by atoms with Crippen LogP contribution in [0.3, 0.4) is 0 Å². The number of hydrogen-bond donors (Lipinski definition) is 0. The van der Waals surface area contributed by atoms with Crippen LogP contribution in [-0.2, 0) is 19.5 Å². The zero-order valence-corrected chi connectivity index (χ0v) is 12.0. The molecule has 0 rings (SSSR count). The van der Waals surface area contributed by atoms with E-state index >= 15 is 0 Å². The van der Waals surface area contributed by atoms with Gasteiger partial charge in [0.25, 0.3) is 0 Å². The molecule has 0 amide bonds. The molecule has 0 saturated carbocycles. The molecule has 0 aliphatic rings. The maximum Gasteiger partial charge on any atom is 0 e. The first kappa shape index (κ1) is 15.1. The Labute approximate surface area is 91.3 Å². The van der Waals surface area contributed by atoms with E-state index in [2.05, 4.69) is 13.8 Å². The fraction of sp³-hybridized carbons (Fsp3) is 1.00. The van der Waals surface area contributed by atoms with Crippen LogP contribution < -0.4 is 0 Å². The van der Waals surface area contributed by atoms with E-state index in [1.54, 1.807) is 0 Å². The van der Waals surface area contributed by atoms with Crippen LogP contribution >= 0.6 is 0 Å². The third-order valence-corrected chi connectivity index (χ3v) is 2.21. The summed E-state index contributed by atoms with van der Waals surface area (Å²) in [5, 5.41) is 0. The average molecular weight is 222 g/mol. The minimum absolute atomic E-state index is 0. The van der Waals surface area contributed by atoms with E-state index in [9.17, 15) is 0 Å². The second-order valence-corrected chi connectivity index (χ2v) is 3.47. The Balaban J connectivity index is 0. The fourth-order valence-electron chi connectivity index (χ4n) is 1.38. The molecule has 70 valence electrons. The molecule has 0 aromatic carbocycles. The van der Waals surface area contributed by atoms with Gasteiger partial charge in [-0.25, -0.2) is 0 Å². The van der Waals surface area contributed by atoms with Gasteiger partial charge in [0, 0.05) is 19.5 Å². The number of rotatable bonds is 8. The van der Waals surface area contributed by atoms with E-state index in [-0.39, 0.29) is 19.5 Å². The second-order valence-electron chi connectivity index (χ2n) is 3.47. The van der Waals surface area contributed by atoms with Crippen LogP contribution in [0.1, 0.15) is 71.6 Å². The number of hydrogen-bond acceptors (Lipinski definition) is 0. The zero-order valence-electron chi connectivity index (χ0n) is 9.07. The van der Waals surface area contributed by atoms with E-state index in [0.717, 1.165) is 0 Å². The number of unbranched alkanes of at least 4 members (excludes halogenated alkanes) is 8. The van der Waals surface area contributed by atoms with Crippen molar-refractivity contribution in [3.8, 4) is 0 Å². The molecule has 0 aromatic rings. The van der Waals surface area contributed by atoms with Gasteiger partial charge in [0.05, 0.1) is 0 Å². The molecule has 0 heterocycles. The van der Waals surface area contributed by atoms with Gasteiger partial charge < -0.3 is 0 Å². The van der Waals surface area contributed by atoms with Crippen LogP contribution in [0.25, 0.3) is 0 Å². The first-order valence-electron chi connectivity index (χ1n) is 5.41. The Kier molecular flexibility index (Phi) is 17.8. The molecule has 0 unspecified atom stereocenters. The SMILES string of the molecule is CCCCCCCCCCC.[Zn]. The van der Waals surface area contributed by atoms with Gasteiger partial charge in [-0.15, -0.1) is 0 Å². The van der Waals surface area contributed by atoms with Crippen LogP contribution in [0.15, 0.2) is 0 Å². The summed E-state index contributed by atoms with van der Waals surface area (Å²) in [6, 6.07) is 0. The fourth-order valence-corrected chi connectivity index (χ4v) is 1.38. The van der Waals surface area contributed by atoms with Crippen molar-refractivity contribution >= 4 is 0 Å². The van der Waals surface area contributed by atoms with Gasteiger partial charge in [-0.1, -0.05) is 71.6 Å². The molecular weight excluding hydrogens is 198 g/mol. The summed E-state index contributed by atoms with van der Waals surface area (Å²) in [7, 11) is 0. The van der Waals surface area contributed by atoms with Crippen LogP contribution in [-0.4, -0.2) is 0 Å². The molecule has 0 aliphatic heterocycles. The summed E-state index contributed by atoms with van der Waals surface area (Å²) >= 11 is 0. The van der Waals surface area contributed by atoms with Gasteiger partial charge in [-0.05, 0) is 0 Å². The molecule has 0 N–H and O–H groups in total. The predicted molar refractivity (Wildman–Crippen MR) is 52.9 cm³/mol. The Hall–Kier alpha value is 0.623. The average Bonchev–Trinajstić information content (AvgIpc) is 2.03. The molecule has 0 atom stereocenters. The molecule has 0 radical (unpaired) electrons. The summed E-state index contributed by atoms with van der Waals surface area (Å²) in [4.78, 5) is 0. The monoisotopic (exact) mass is 220 g/mol. The molecule has 0 saturated heterocycles. The Bertz CT molecular complexity index is 54.0. The molecular formula is C11H24Zn. The van der Waals surface area contributed by atoms with Crippen molar-refractivity contribution in [1.29, 1.82) is 0 Å². The normalized spacial score (nSPS) is 9.50. The third kappa shape index (κ3) is 13.2. The second kappa shape index (κ2) is 14.2. The molecule has 1 heteroatoms. The summed E-state index contributed by atoms with van der Waals surface area (Å²) in [5.74, 6) is 0. The van der Waals surface area contributed by atoms with Crippen LogP contribution in [0.4, 0.5) is 0 Å². The van der Waals surface area contributed by atoms with Gasteiger partial charge >= 0.3 is 0 Å². The smallest absolute Gasteiger partial charge is 0 e. The van der Waals surface area contributed by atoms with Crippen molar-refractivity contribution in [2.75, 3.05) is 0 Å². The van der Waals surface area contributed by atoms with Crippen LogP contribution in [0, 0.1) is 0 Å². The molecule has 0 fully saturated rings. The molecule has 0 aromatic heterocycles. The molecule has 0 aliphatic carbocycles. The van der Waals surface area contributed by atoms with Crippen molar-refractivity contribution < 1.29 is 19.5 Å². The van der Waals surface area contributed by atoms with E-state index < -0.39 is 0 Å². The van der Waals surface area contributed by atoms with Gasteiger partial charge in [0.15, 0.2) is 0 Å². The topological polar surface area (TPSA) is 0 Å². The molecule has 12 heavy (non-hydrogen) atoms. The summed E-state index contributed by atoms with van der Waals surface area (Å²) < 4.78 is 0. The van der Waals surface area contributed by atoms with Gasteiger partial charge in [-0.2, -0.15) is 0 Å². The summed E-state index contributed by atoms with van der Waals surface area (Å²) in [6.07, 6.45) is 13.0. The minimum Gasteiger partial charge on any atom is -0.0654 e. The molecule has 0 bridgehead atoms. The van der Waals surface area contributed by atoms with Crippen molar-refractivity contribution in [3.63, 3.8) is 0 Å². The van der Waals surface area contributed by atoms with E-state index in [1.165, 1.54) is 57.8 Å². The quantitative estimate of drug-likeness (QED) is 0.417. The first-order valence-corrected chi connectivity index (χ1v) is 5.41. The largest absolute Gasteiger partial charge is 0.0654 e. The van der Waals surface area contributed by atoms with Crippen LogP contribution in [0.5, 0.6) is 0 Å². The Morgan fingerprint density at radius 1 is 0.500 bits per heavy atom. The summed E-state index contributed by atoms with van der Waals surface area (Å²) in [6.45, 7) is 4.55. The van der Waals surface area contributed by atoms with Crippen LogP contribution in [0.2, 0.25) is 0 Å². The molecule has 0 spiro atoms. The maximum atomic E-state index is 2.27. The Morgan fingerprint density at radius 3 is 1.00 bits per heavy atom. The van der Waals surface area contributed by atoms with Crippen molar-refractivity contribution in [2.24, 2.45) is 0 Å². The van der Waals surface area contributed by atoms with Crippen molar-refractivity contribution in [2.45, 2.75) is 71.6 Å². The van der Waals surface area contributed by atoms with Crippen molar-refractivity contribution in [3.05, 3.63) is 0 Å². The van der Waals surface area contributed by atoms with E-state index in [1.807, 2.05) is 0 Å². The van der Waals surface area contributed by atoms with E-state index in [0.29, 0.717) is 0 Å². The first-order chi connectivity index (χ1) is 5.41. The van der Waals surface area contributed by atoms with Crippen molar-refractivity contribution in [1.82, 2.24) is 0 Å². The minimum atomic E-state index is 0. The predicted octanol–water partition coefficient (Wildman–Crippen LogP) is 4.53. The van der Waals surface area contributed by atoms with Gasteiger partial charge in [0.2, 0.25) is 0 Å².